The minimum absolute atomic E-state index is 0.0561. The lowest BCUT2D eigenvalue weighted by molar-refractivity contribution is 0.475. The number of benzene rings is 1. The number of anilines is 1. The number of rotatable bonds is 3. The SMILES string of the molecule is O=S(=O)(Nc1ccc(O)cc1)c1cn[nH]c1. The Kier molecular flexibility index (Phi) is 2.53. The molecule has 16 heavy (non-hydrogen) atoms. The fraction of sp³-hybridized carbons (Fsp3) is 0. The minimum Gasteiger partial charge on any atom is -0.508 e. The summed E-state index contributed by atoms with van der Waals surface area (Å²) in [4.78, 5) is 0.0561. The van der Waals surface area contributed by atoms with E-state index < -0.39 is 10.0 Å². The number of H-pyrrole nitrogens is 1. The highest BCUT2D eigenvalue weighted by Crippen LogP contribution is 2.17. The van der Waals surface area contributed by atoms with Gasteiger partial charge in [-0.1, -0.05) is 0 Å². The zero-order valence-corrected chi connectivity index (χ0v) is 8.90. The molecule has 0 fully saturated rings. The van der Waals surface area contributed by atoms with Crippen LogP contribution in [0, 0.1) is 0 Å². The lowest BCUT2D eigenvalue weighted by atomic mass is 10.3. The van der Waals surface area contributed by atoms with Crippen LogP contribution >= 0.6 is 0 Å². The molecular formula is C9H9N3O3S. The van der Waals surface area contributed by atoms with Gasteiger partial charge in [-0.3, -0.25) is 9.82 Å². The van der Waals surface area contributed by atoms with Crippen molar-refractivity contribution in [1.29, 1.82) is 0 Å². The third kappa shape index (κ3) is 2.14. The van der Waals surface area contributed by atoms with Gasteiger partial charge in [0.25, 0.3) is 10.0 Å². The molecule has 2 aromatic rings. The molecule has 1 aromatic heterocycles. The van der Waals surface area contributed by atoms with Gasteiger partial charge in [0.2, 0.25) is 0 Å². The summed E-state index contributed by atoms with van der Waals surface area (Å²) in [6, 6.07) is 5.72. The van der Waals surface area contributed by atoms with Crippen molar-refractivity contribution in [2.24, 2.45) is 0 Å². The number of hydrogen-bond donors (Lipinski definition) is 3. The van der Waals surface area contributed by atoms with Crippen LogP contribution in [0.2, 0.25) is 0 Å². The fourth-order valence-electron chi connectivity index (χ4n) is 1.13. The Bertz CT molecular complexity index is 561. The molecule has 0 saturated heterocycles. The quantitative estimate of drug-likeness (QED) is 0.694. The molecule has 0 unspecified atom stereocenters. The molecule has 0 aliphatic carbocycles. The minimum atomic E-state index is -3.61. The highest BCUT2D eigenvalue weighted by atomic mass is 32.2. The molecular weight excluding hydrogens is 230 g/mol. The van der Waals surface area contributed by atoms with E-state index in [4.69, 9.17) is 5.11 Å². The molecule has 0 atom stereocenters. The van der Waals surface area contributed by atoms with Gasteiger partial charge < -0.3 is 5.11 Å². The molecule has 0 radical (unpaired) electrons. The average molecular weight is 239 g/mol. The fourth-order valence-corrected chi connectivity index (χ4v) is 2.09. The summed E-state index contributed by atoms with van der Waals surface area (Å²) in [6.45, 7) is 0. The van der Waals surface area contributed by atoms with Crippen LogP contribution in [0.1, 0.15) is 0 Å². The lowest BCUT2D eigenvalue weighted by Gasteiger charge is -2.05. The summed E-state index contributed by atoms with van der Waals surface area (Å²) in [5, 5.41) is 15.0. The molecule has 0 bridgehead atoms. The summed E-state index contributed by atoms with van der Waals surface area (Å²) in [7, 11) is -3.61. The number of sulfonamides is 1. The van der Waals surface area contributed by atoms with Gasteiger partial charge in [0.05, 0.1) is 6.20 Å². The van der Waals surface area contributed by atoms with Crippen molar-refractivity contribution < 1.29 is 13.5 Å². The number of aromatic nitrogens is 2. The lowest BCUT2D eigenvalue weighted by Crippen LogP contribution is -2.11. The average Bonchev–Trinajstić information content (AvgIpc) is 2.75. The number of aromatic amines is 1. The first-order chi connectivity index (χ1) is 7.58. The third-order valence-electron chi connectivity index (χ3n) is 1.90. The monoisotopic (exact) mass is 239 g/mol. The Morgan fingerprint density at radius 2 is 1.94 bits per heavy atom. The molecule has 1 heterocycles. The standard InChI is InChI=1S/C9H9N3O3S/c13-8-3-1-7(2-4-8)12-16(14,15)9-5-10-11-6-9/h1-6,12-13H,(H,10,11). The van der Waals surface area contributed by atoms with Crippen LogP contribution in [0.4, 0.5) is 5.69 Å². The van der Waals surface area contributed by atoms with E-state index in [0.717, 1.165) is 0 Å². The van der Waals surface area contributed by atoms with Gasteiger partial charge in [-0.05, 0) is 24.3 Å². The Hall–Kier alpha value is -2.02. The summed E-state index contributed by atoms with van der Waals surface area (Å²) < 4.78 is 25.8. The Balaban J connectivity index is 2.25. The molecule has 0 aliphatic rings. The Morgan fingerprint density at radius 1 is 1.25 bits per heavy atom. The Morgan fingerprint density at radius 3 is 2.50 bits per heavy atom. The van der Waals surface area contributed by atoms with E-state index in [1.54, 1.807) is 0 Å². The first kappa shape index (κ1) is 10.5. The number of phenolic OH excluding ortho intramolecular Hbond substituents is 1. The zero-order valence-electron chi connectivity index (χ0n) is 8.08. The summed E-state index contributed by atoms with van der Waals surface area (Å²) in [5.74, 6) is 0.0752. The van der Waals surface area contributed by atoms with Crippen LogP contribution in [-0.4, -0.2) is 23.7 Å². The van der Waals surface area contributed by atoms with Gasteiger partial charge in [-0.25, -0.2) is 8.42 Å². The largest absolute Gasteiger partial charge is 0.508 e. The smallest absolute Gasteiger partial charge is 0.265 e. The Labute approximate surface area is 92.0 Å². The number of phenols is 1. The van der Waals surface area contributed by atoms with Crippen LogP contribution in [0.3, 0.4) is 0 Å². The van der Waals surface area contributed by atoms with Crippen molar-refractivity contribution in [3.63, 3.8) is 0 Å². The van der Waals surface area contributed by atoms with E-state index in [1.165, 1.54) is 36.7 Å². The number of nitrogens with zero attached hydrogens (tertiary/aromatic N) is 1. The van der Waals surface area contributed by atoms with Gasteiger partial charge in [-0.15, -0.1) is 0 Å². The van der Waals surface area contributed by atoms with Crippen LogP contribution < -0.4 is 4.72 Å². The predicted molar refractivity (Wildman–Crippen MR) is 57.5 cm³/mol. The molecule has 0 aliphatic heterocycles. The van der Waals surface area contributed by atoms with Crippen molar-refractivity contribution in [1.82, 2.24) is 10.2 Å². The van der Waals surface area contributed by atoms with Crippen LogP contribution in [0.15, 0.2) is 41.6 Å². The highest BCUT2D eigenvalue weighted by molar-refractivity contribution is 7.92. The van der Waals surface area contributed by atoms with Gasteiger partial charge in [0, 0.05) is 11.9 Å². The molecule has 0 amide bonds. The van der Waals surface area contributed by atoms with Crippen molar-refractivity contribution in [2.45, 2.75) is 4.90 Å². The normalized spacial score (nSPS) is 11.2. The molecule has 7 heteroatoms. The van der Waals surface area contributed by atoms with E-state index >= 15 is 0 Å². The van der Waals surface area contributed by atoms with Crippen molar-refractivity contribution >= 4 is 15.7 Å². The maximum absolute atomic E-state index is 11.7. The molecule has 84 valence electrons. The van der Waals surface area contributed by atoms with Crippen molar-refractivity contribution in [2.75, 3.05) is 4.72 Å². The van der Waals surface area contributed by atoms with Crippen LogP contribution in [0.5, 0.6) is 5.75 Å². The topological polar surface area (TPSA) is 95.1 Å². The second kappa shape index (κ2) is 3.86. The number of aromatic hydroxyl groups is 1. The molecule has 2 rings (SSSR count). The molecule has 3 N–H and O–H groups in total. The van der Waals surface area contributed by atoms with Crippen LogP contribution in [-0.2, 0) is 10.0 Å². The third-order valence-corrected chi connectivity index (χ3v) is 3.25. The molecule has 1 aromatic carbocycles. The summed E-state index contributed by atoms with van der Waals surface area (Å²) >= 11 is 0. The van der Waals surface area contributed by atoms with Gasteiger partial charge in [0.1, 0.15) is 10.6 Å². The predicted octanol–water partition coefficient (Wildman–Crippen LogP) is 0.916. The molecule has 6 nitrogen and oxygen atoms in total. The highest BCUT2D eigenvalue weighted by Gasteiger charge is 2.14. The van der Waals surface area contributed by atoms with Crippen LogP contribution in [0.25, 0.3) is 0 Å². The van der Waals surface area contributed by atoms with E-state index in [1.807, 2.05) is 0 Å². The van der Waals surface area contributed by atoms with E-state index in [-0.39, 0.29) is 10.6 Å². The number of nitrogens with one attached hydrogen (secondary N) is 2. The van der Waals surface area contributed by atoms with E-state index in [9.17, 15) is 8.42 Å². The van der Waals surface area contributed by atoms with Gasteiger partial charge >= 0.3 is 0 Å². The number of hydrogen-bond acceptors (Lipinski definition) is 4. The molecule has 0 saturated carbocycles. The van der Waals surface area contributed by atoms with E-state index in [2.05, 4.69) is 14.9 Å². The zero-order chi connectivity index (χ0) is 11.6. The first-order valence-electron chi connectivity index (χ1n) is 4.38. The second-order valence-electron chi connectivity index (χ2n) is 3.09. The maximum atomic E-state index is 11.7. The van der Waals surface area contributed by atoms with Gasteiger partial charge in [-0.2, -0.15) is 5.10 Å². The summed E-state index contributed by atoms with van der Waals surface area (Å²) in [5.41, 5.74) is 0.374. The second-order valence-corrected chi connectivity index (χ2v) is 4.77. The maximum Gasteiger partial charge on any atom is 0.265 e. The first-order valence-corrected chi connectivity index (χ1v) is 5.87. The van der Waals surface area contributed by atoms with Crippen molar-refractivity contribution in [3.05, 3.63) is 36.7 Å². The van der Waals surface area contributed by atoms with E-state index in [0.29, 0.717) is 5.69 Å². The van der Waals surface area contributed by atoms with Gasteiger partial charge in [0.15, 0.2) is 0 Å². The van der Waals surface area contributed by atoms with Crippen molar-refractivity contribution in [3.8, 4) is 5.75 Å². The summed E-state index contributed by atoms with van der Waals surface area (Å²) in [6.07, 6.45) is 2.49. The molecule has 0 spiro atoms.